The minimum atomic E-state index is -0.289. The Balaban J connectivity index is 4.45. The molecule has 0 saturated heterocycles. The van der Waals surface area contributed by atoms with Crippen molar-refractivity contribution < 1.29 is 5.11 Å². The van der Waals surface area contributed by atoms with Crippen LogP contribution < -0.4 is 5.73 Å². The average Bonchev–Trinajstić information content (AvgIpc) is 2.14. The van der Waals surface area contributed by atoms with Crippen LogP contribution in [-0.2, 0) is 0 Å². The molecule has 0 radical (unpaired) electrons. The average molecular weight is 187 g/mol. The van der Waals surface area contributed by atoms with E-state index in [2.05, 4.69) is 34.6 Å². The van der Waals surface area contributed by atoms with Crippen molar-refractivity contribution in [3.8, 4) is 0 Å². The molecule has 0 heterocycles. The van der Waals surface area contributed by atoms with Crippen LogP contribution in [0, 0.1) is 17.3 Å². The molecule has 0 amide bonds. The summed E-state index contributed by atoms with van der Waals surface area (Å²) in [4.78, 5) is 0. The number of hydrogen-bond acceptors (Lipinski definition) is 2. The van der Waals surface area contributed by atoms with E-state index in [1.54, 1.807) is 0 Å². The number of rotatable bonds is 5. The van der Waals surface area contributed by atoms with Gasteiger partial charge >= 0.3 is 0 Å². The second-order valence-electron chi connectivity index (χ2n) is 4.76. The summed E-state index contributed by atoms with van der Waals surface area (Å²) in [5.41, 5.74) is 5.58. The van der Waals surface area contributed by atoms with Crippen LogP contribution in [0.3, 0.4) is 0 Å². The Kier molecular flexibility index (Phi) is 4.93. The minimum absolute atomic E-state index is 0.121. The van der Waals surface area contributed by atoms with Crippen LogP contribution in [0.25, 0.3) is 0 Å². The van der Waals surface area contributed by atoms with E-state index in [0.717, 1.165) is 6.42 Å². The largest absolute Gasteiger partial charge is 0.392 e. The summed E-state index contributed by atoms with van der Waals surface area (Å²) in [6, 6.07) is 0. The van der Waals surface area contributed by atoms with Crippen molar-refractivity contribution in [2.45, 2.75) is 47.1 Å². The Morgan fingerprint density at radius 3 is 2.00 bits per heavy atom. The Labute approximate surface area is 82.5 Å². The van der Waals surface area contributed by atoms with Gasteiger partial charge in [0.25, 0.3) is 0 Å². The van der Waals surface area contributed by atoms with Gasteiger partial charge in [-0.2, -0.15) is 0 Å². The molecule has 2 nitrogen and oxygen atoms in total. The summed E-state index contributed by atoms with van der Waals surface area (Å²) in [6.07, 6.45) is 0.643. The van der Waals surface area contributed by atoms with Gasteiger partial charge in [0, 0.05) is 12.0 Å². The molecule has 0 rings (SSSR count). The topological polar surface area (TPSA) is 46.2 Å². The van der Waals surface area contributed by atoms with Gasteiger partial charge in [0.05, 0.1) is 6.10 Å². The first-order valence-electron chi connectivity index (χ1n) is 5.27. The second kappa shape index (κ2) is 4.97. The third kappa shape index (κ3) is 2.96. The maximum Gasteiger partial charge on any atom is 0.0633 e. The highest BCUT2D eigenvalue weighted by Gasteiger charge is 2.34. The van der Waals surface area contributed by atoms with Gasteiger partial charge < -0.3 is 10.8 Å². The van der Waals surface area contributed by atoms with E-state index in [0.29, 0.717) is 18.4 Å². The highest BCUT2D eigenvalue weighted by Crippen LogP contribution is 2.32. The van der Waals surface area contributed by atoms with Gasteiger partial charge in [0.1, 0.15) is 0 Å². The third-order valence-electron chi connectivity index (χ3n) is 3.54. The van der Waals surface area contributed by atoms with Gasteiger partial charge in [-0.15, -0.1) is 0 Å². The zero-order valence-electron chi connectivity index (χ0n) is 9.67. The van der Waals surface area contributed by atoms with Crippen molar-refractivity contribution >= 4 is 0 Å². The van der Waals surface area contributed by atoms with E-state index < -0.39 is 0 Å². The predicted octanol–water partition coefficient (Wildman–Crippen LogP) is 2.01. The van der Waals surface area contributed by atoms with Crippen LogP contribution in [0.1, 0.15) is 41.0 Å². The van der Waals surface area contributed by atoms with Gasteiger partial charge in [-0.05, 0) is 18.3 Å². The highest BCUT2D eigenvalue weighted by molar-refractivity contribution is 4.86. The lowest BCUT2D eigenvalue weighted by atomic mass is 9.73. The van der Waals surface area contributed by atoms with Crippen molar-refractivity contribution in [1.82, 2.24) is 0 Å². The molecule has 13 heavy (non-hydrogen) atoms. The predicted molar refractivity (Wildman–Crippen MR) is 57.5 cm³/mol. The van der Waals surface area contributed by atoms with E-state index in [1.165, 1.54) is 0 Å². The molecule has 0 spiro atoms. The van der Waals surface area contributed by atoms with E-state index in [-0.39, 0.29) is 11.5 Å². The quantitative estimate of drug-likeness (QED) is 0.691. The van der Waals surface area contributed by atoms with Crippen LogP contribution in [0.15, 0.2) is 0 Å². The smallest absolute Gasteiger partial charge is 0.0633 e. The normalized spacial score (nSPS) is 21.2. The molecule has 3 unspecified atom stereocenters. The Hall–Kier alpha value is -0.0800. The first-order valence-corrected chi connectivity index (χ1v) is 5.27. The molecule has 3 atom stereocenters. The highest BCUT2D eigenvalue weighted by atomic mass is 16.3. The van der Waals surface area contributed by atoms with Gasteiger partial charge in [0.2, 0.25) is 0 Å². The van der Waals surface area contributed by atoms with E-state index >= 15 is 0 Å². The van der Waals surface area contributed by atoms with E-state index in [1.807, 2.05) is 0 Å². The molecule has 0 aromatic carbocycles. The molecule has 3 N–H and O–H groups in total. The van der Waals surface area contributed by atoms with E-state index in [9.17, 15) is 5.11 Å². The second-order valence-corrected chi connectivity index (χ2v) is 4.76. The molecule has 0 aromatic rings. The van der Waals surface area contributed by atoms with Crippen LogP contribution in [0.5, 0.6) is 0 Å². The summed E-state index contributed by atoms with van der Waals surface area (Å²) >= 11 is 0. The Morgan fingerprint density at radius 2 is 1.77 bits per heavy atom. The van der Waals surface area contributed by atoms with Gasteiger partial charge in [-0.25, -0.2) is 0 Å². The van der Waals surface area contributed by atoms with Gasteiger partial charge in [-0.3, -0.25) is 0 Å². The first kappa shape index (κ1) is 12.9. The zero-order chi connectivity index (χ0) is 10.6. The summed E-state index contributed by atoms with van der Waals surface area (Å²) in [5.74, 6) is 0.820. The molecule has 80 valence electrons. The number of hydrogen-bond donors (Lipinski definition) is 2. The lowest BCUT2D eigenvalue weighted by molar-refractivity contribution is -0.0155. The van der Waals surface area contributed by atoms with Crippen LogP contribution in [0.4, 0.5) is 0 Å². The first-order chi connectivity index (χ1) is 5.89. The van der Waals surface area contributed by atoms with E-state index in [4.69, 9.17) is 5.73 Å². The molecular weight excluding hydrogens is 162 g/mol. The Bertz CT molecular complexity index is 141. The number of aliphatic hydroxyl groups excluding tert-OH is 1. The maximum atomic E-state index is 10.1. The minimum Gasteiger partial charge on any atom is -0.392 e. The van der Waals surface area contributed by atoms with Crippen LogP contribution >= 0.6 is 0 Å². The monoisotopic (exact) mass is 187 g/mol. The summed E-state index contributed by atoms with van der Waals surface area (Å²) in [7, 11) is 0. The number of nitrogens with two attached hydrogens (primary N) is 1. The molecule has 2 heteroatoms. The fourth-order valence-corrected chi connectivity index (χ4v) is 1.47. The van der Waals surface area contributed by atoms with Crippen molar-refractivity contribution in [3.05, 3.63) is 0 Å². The lowest BCUT2D eigenvalue weighted by Gasteiger charge is -2.37. The molecule has 0 bridgehead atoms. The maximum absolute atomic E-state index is 10.1. The van der Waals surface area contributed by atoms with Crippen molar-refractivity contribution in [2.75, 3.05) is 6.54 Å². The third-order valence-corrected chi connectivity index (χ3v) is 3.54. The van der Waals surface area contributed by atoms with Crippen molar-refractivity contribution in [1.29, 1.82) is 0 Å². The molecule has 0 fully saturated rings. The van der Waals surface area contributed by atoms with Crippen molar-refractivity contribution in [2.24, 2.45) is 23.0 Å². The van der Waals surface area contributed by atoms with Crippen LogP contribution in [-0.4, -0.2) is 17.8 Å². The fourth-order valence-electron chi connectivity index (χ4n) is 1.47. The van der Waals surface area contributed by atoms with Crippen LogP contribution in [0.2, 0.25) is 0 Å². The summed E-state index contributed by atoms with van der Waals surface area (Å²) in [6.45, 7) is 11.1. The van der Waals surface area contributed by atoms with Gasteiger partial charge in [-0.1, -0.05) is 34.6 Å². The molecule has 0 aliphatic carbocycles. The number of aliphatic hydroxyl groups is 1. The molecule has 0 aromatic heterocycles. The van der Waals surface area contributed by atoms with Gasteiger partial charge in [0.15, 0.2) is 0 Å². The SMILES string of the molecule is CCC(C)(CN)C(O)C(C)C(C)C. The zero-order valence-corrected chi connectivity index (χ0v) is 9.67. The summed E-state index contributed by atoms with van der Waals surface area (Å²) < 4.78 is 0. The summed E-state index contributed by atoms with van der Waals surface area (Å²) in [5, 5.41) is 10.1. The standard InChI is InChI=1S/C11H25NO/c1-6-11(5,7-12)10(13)9(4)8(2)3/h8-10,13H,6-7,12H2,1-5H3. The molecular formula is C11H25NO. The lowest BCUT2D eigenvalue weighted by Crippen LogP contribution is -2.43. The molecule has 0 aliphatic heterocycles. The van der Waals surface area contributed by atoms with Crippen molar-refractivity contribution in [3.63, 3.8) is 0 Å². The molecule has 0 aliphatic rings. The fraction of sp³-hybridized carbons (Fsp3) is 1.00. The molecule has 0 saturated carbocycles. The Morgan fingerprint density at radius 1 is 1.31 bits per heavy atom.